The summed E-state index contributed by atoms with van der Waals surface area (Å²) in [5.41, 5.74) is 0.0698. The van der Waals surface area contributed by atoms with Gasteiger partial charge in [0.1, 0.15) is 5.75 Å². The minimum absolute atomic E-state index is 0.0913. The van der Waals surface area contributed by atoms with Crippen LogP contribution < -0.4 is 0 Å². The molecule has 0 saturated heterocycles. The van der Waals surface area contributed by atoms with Gasteiger partial charge in [-0.25, -0.2) is 14.2 Å². The van der Waals surface area contributed by atoms with Gasteiger partial charge < -0.3 is 14.9 Å². The number of rotatable bonds is 1. The summed E-state index contributed by atoms with van der Waals surface area (Å²) in [6.07, 6.45) is -1.34. The number of aromatic nitrogens is 1. The minimum Gasteiger partial charge on any atom is -0.508 e. The molecule has 0 radical (unpaired) electrons. The molecule has 0 fully saturated rings. The number of carboxylic acid groups (broad SMARTS) is 1. The quantitative estimate of drug-likeness (QED) is 0.789. The number of hydrogen-bond acceptors (Lipinski definition) is 4. The van der Waals surface area contributed by atoms with E-state index in [0.29, 0.717) is 9.86 Å². The monoisotopic (exact) mass is 313 g/mol. The number of carbonyl (C=O) groups excluding carboxylic acids is 1. The Morgan fingerprint density at radius 3 is 2.61 bits per heavy atom. The maximum atomic E-state index is 11.6. The molecule has 0 aliphatic rings. The number of aromatic hydroxyl groups is 1. The van der Waals surface area contributed by atoms with Crippen LogP contribution >= 0.6 is 15.9 Å². The molecule has 0 amide bonds. The summed E-state index contributed by atoms with van der Waals surface area (Å²) in [6.45, 7) is 0. The number of esters is 1. The Balaban J connectivity index is 2.92. The molecule has 2 aromatic rings. The third-order valence-electron chi connectivity index (χ3n) is 2.46. The number of nitrogens with zero attached hydrogens (tertiary/aromatic N) is 1. The predicted octanol–water partition coefficient (Wildman–Crippen LogP) is 2.42. The number of hydrogen-bond donors (Lipinski definition) is 2. The van der Waals surface area contributed by atoms with E-state index < -0.39 is 12.1 Å². The molecule has 0 spiro atoms. The lowest BCUT2D eigenvalue weighted by atomic mass is 10.2. The zero-order valence-electron chi connectivity index (χ0n) is 9.18. The van der Waals surface area contributed by atoms with Crippen molar-refractivity contribution in [3.63, 3.8) is 0 Å². The number of carbonyl (C=O) groups is 2. The number of phenols is 1. The van der Waals surface area contributed by atoms with Crippen LogP contribution in [0.15, 0.2) is 22.7 Å². The first-order chi connectivity index (χ1) is 8.47. The Labute approximate surface area is 110 Å². The first-order valence-corrected chi connectivity index (χ1v) is 5.61. The molecule has 0 aliphatic carbocycles. The van der Waals surface area contributed by atoms with E-state index in [9.17, 15) is 14.7 Å². The average Bonchev–Trinajstić information content (AvgIpc) is 2.61. The highest BCUT2D eigenvalue weighted by Crippen LogP contribution is 2.33. The molecule has 1 aromatic carbocycles. The molecule has 0 aliphatic heterocycles. The van der Waals surface area contributed by atoms with Crippen LogP contribution in [0.4, 0.5) is 4.79 Å². The third-order valence-corrected chi connectivity index (χ3v) is 3.26. The molecule has 94 valence electrons. The van der Waals surface area contributed by atoms with Crippen LogP contribution in [0.25, 0.3) is 10.9 Å². The normalized spacial score (nSPS) is 10.6. The molecule has 0 bridgehead atoms. The van der Waals surface area contributed by atoms with Crippen LogP contribution in [0.3, 0.4) is 0 Å². The first kappa shape index (κ1) is 12.4. The lowest BCUT2D eigenvalue weighted by Crippen LogP contribution is -2.16. The van der Waals surface area contributed by atoms with E-state index in [1.54, 1.807) is 0 Å². The summed E-state index contributed by atoms with van der Waals surface area (Å²) in [5, 5.41) is 19.1. The minimum atomic E-state index is -1.34. The van der Waals surface area contributed by atoms with E-state index in [1.165, 1.54) is 18.2 Å². The van der Waals surface area contributed by atoms with Gasteiger partial charge in [0.2, 0.25) is 0 Å². The maximum absolute atomic E-state index is 11.6. The average molecular weight is 314 g/mol. The SMILES string of the molecule is COC(=O)c1c(Br)c2ccc(O)cc2n1C(=O)O. The van der Waals surface area contributed by atoms with Gasteiger partial charge in [0.05, 0.1) is 17.1 Å². The summed E-state index contributed by atoms with van der Waals surface area (Å²) in [7, 11) is 1.16. The Kier molecular flexibility index (Phi) is 3.00. The lowest BCUT2D eigenvalue weighted by molar-refractivity contribution is 0.0587. The third kappa shape index (κ3) is 1.72. The fourth-order valence-electron chi connectivity index (χ4n) is 1.71. The Bertz CT molecular complexity index is 661. The highest BCUT2D eigenvalue weighted by molar-refractivity contribution is 9.10. The van der Waals surface area contributed by atoms with Crippen LogP contribution in [0.5, 0.6) is 5.75 Å². The largest absolute Gasteiger partial charge is 0.508 e. The smallest absolute Gasteiger partial charge is 0.416 e. The second kappa shape index (κ2) is 4.34. The van der Waals surface area contributed by atoms with Crippen LogP contribution in [-0.4, -0.2) is 34.0 Å². The Morgan fingerprint density at radius 1 is 1.39 bits per heavy atom. The van der Waals surface area contributed by atoms with E-state index in [4.69, 9.17) is 5.11 Å². The number of phenolic OH excluding ortho intramolecular Hbond substituents is 1. The van der Waals surface area contributed by atoms with Gasteiger partial charge in [-0.15, -0.1) is 0 Å². The van der Waals surface area contributed by atoms with Gasteiger partial charge in [-0.2, -0.15) is 0 Å². The van der Waals surface area contributed by atoms with Crippen molar-refractivity contribution >= 4 is 38.9 Å². The van der Waals surface area contributed by atoms with Gasteiger partial charge in [-0.3, -0.25) is 0 Å². The number of ether oxygens (including phenoxy) is 1. The van der Waals surface area contributed by atoms with Crippen molar-refractivity contribution in [2.45, 2.75) is 0 Å². The van der Waals surface area contributed by atoms with Crippen molar-refractivity contribution < 1.29 is 24.5 Å². The molecule has 18 heavy (non-hydrogen) atoms. The van der Waals surface area contributed by atoms with Gasteiger partial charge in [0.25, 0.3) is 0 Å². The zero-order chi connectivity index (χ0) is 13.4. The molecule has 2 N–H and O–H groups in total. The number of fused-ring (bicyclic) bond motifs is 1. The molecule has 1 aromatic heterocycles. The standard InChI is InChI=1S/C11H8BrNO5/c1-18-10(15)9-8(12)6-3-2-5(14)4-7(6)13(9)11(16)17/h2-4,14H,1H3,(H,16,17). The number of benzene rings is 1. The van der Waals surface area contributed by atoms with Crippen LogP contribution in [0.1, 0.15) is 10.5 Å². The molecule has 0 unspecified atom stereocenters. The molecule has 7 heteroatoms. The second-order valence-corrected chi connectivity index (χ2v) is 4.27. The zero-order valence-corrected chi connectivity index (χ0v) is 10.8. The summed E-state index contributed by atoms with van der Waals surface area (Å²) >= 11 is 3.17. The molecular weight excluding hydrogens is 306 g/mol. The maximum Gasteiger partial charge on any atom is 0.416 e. The predicted molar refractivity (Wildman–Crippen MR) is 66.1 cm³/mol. The van der Waals surface area contributed by atoms with Gasteiger partial charge in [0, 0.05) is 11.5 Å². The van der Waals surface area contributed by atoms with Gasteiger partial charge in [0.15, 0.2) is 5.69 Å². The van der Waals surface area contributed by atoms with E-state index in [1.807, 2.05) is 0 Å². The van der Waals surface area contributed by atoms with Gasteiger partial charge in [-0.1, -0.05) is 0 Å². The molecule has 1 heterocycles. The van der Waals surface area contributed by atoms with E-state index in [0.717, 1.165) is 11.7 Å². The van der Waals surface area contributed by atoms with Crippen molar-refractivity contribution in [3.8, 4) is 5.75 Å². The van der Waals surface area contributed by atoms with E-state index in [-0.39, 0.29) is 17.0 Å². The van der Waals surface area contributed by atoms with Gasteiger partial charge >= 0.3 is 12.1 Å². The lowest BCUT2D eigenvalue weighted by Gasteiger charge is -2.03. The van der Waals surface area contributed by atoms with Crippen molar-refractivity contribution in [1.29, 1.82) is 0 Å². The first-order valence-electron chi connectivity index (χ1n) is 4.82. The Hall–Kier alpha value is -2.02. The second-order valence-electron chi connectivity index (χ2n) is 3.47. The highest BCUT2D eigenvalue weighted by atomic mass is 79.9. The topological polar surface area (TPSA) is 88.8 Å². The van der Waals surface area contributed by atoms with Crippen LogP contribution in [0.2, 0.25) is 0 Å². The van der Waals surface area contributed by atoms with Crippen molar-refractivity contribution in [1.82, 2.24) is 4.57 Å². The number of methoxy groups -OCH3 is 1. The highest BCUT2D eigenvalue weighted by Gasteiger charge is 2.25. The Morgan fingerprint density at radius 2 is 2.06 bits per heavy atom. The molecule has 0 atom stereocenters. The molecule has 2 rings (SSSR count). The van der Waals surface area contributed by atoms with E-state index >= 15 is 0 Å². The van der Waals surface area contributed by atoms with Crippen molar-refractivity contribution in [2.24, 2.45) is 0 Å². The summed E-state index contributed by atoms with van der Waals surface area (Å²) in [4.78, 5) is 22.8. The van der Waals surface area contributed by atoms with Gasteiger partial charge in [-0.05, 0) is 28.1 Å². The van der Waals surface area contributed by atoms with Crippen molar-refractivity contribution in [2.75, 3.05) is 7.11 Å². The van der Waals surface area contributed by atoms with Crippen LogP contribution in [0, 0.1) is 0 Å². The fraction of sp³-hybridized carbons (Fsp3) is 0.0909. The number of halogens is 1. The van der Waals surface area contributed by atoms with E-state index in [2.05, 4.69) is 20.7 Å². The molecular formula is C11H8BrNO5. The molecule has 6 nitrogen and oxygen atoms in total. The summed E-state index contributed by atoms with van der Waals surface area (Å²) in [5.74, 6) is -0.869. The van der Waals surface area contributed by atoms with Crippen molar-refractivity contribution in [3.05, 3.63) is 28.4 Å². The van der Waals surface area contributed by atoms with Crippen LogP contribution in [-0.2, 0) is 4.74 Å². The fourth-order valence-corrected chi connectivity index (χ4v) is 2.39. The summed E-state index contributed by atoms with van der Waals surface area (Å²) in [6, 6.07) is 4.18. The summed E-state index contributed by atoms with van der Waals surface area (Å²) < 4.78 is 5.63. The molecule has 0 saturated carbocycles.